The molecular formula is C15H21ClN2O5. The number of carbonyl (C=O) groups is 1. The Balaban J connectivity index is 0.00000264. The molecule has 0 amide bonds. The van der Waals surface area contributed by atoms with Crippen LogP contribution in [0, 0.1) is 10.1 Å². The second-order valence-corrected chi connectivity index (χ2v) is 5.58. The van der Waals surface area contributed by atoms with Gasteiger partial charge in [-0.2, -0.15) is 0 Å². The van der Waals surface area contributed by atoms with Crippen LogP contribution >= 0.6 is 12.4 Å². The first-order valence-corrected chi connectivity index (χ1v) is 7.46. The minimum Gasteiger partial charge on any atom is -0.504 e. The number of nitrogens with zero attached hydrogens (tertiary/aromatic N) is 1. The van der Waals surface area contributed by atoms with Crippen LogP contribution in [0.2, 0.25) is 0 Å². The van der Waals surface area contributed by atoms with Crippen LogP contribution in [0.5, 0.6) is 11.5 Å². The van der Waals surface area contributed by atoms with Gasteiger partial charge in [-0.05, 0) is 18.9 Å². The van der Waals surface area contributed by atoms with E-state index in [1.165, 1.54) is 19.3 Å². The molecule has 0 atom stereocenters. The number of carbonyl (C=O) groups excluding carboxylic acids is 1. The molecule has 3 N–H and O–H groups in total. The molecule has 8 heteroatoms. The fourth-order valence-corrected chi connectivity index (χ4v) is 2.75. The van der Waals surface area contributed by atoms with Crippen molar-refractivity contribution >= 4 is 23.9 Å². The largest absolute Gasteiger partial charge is 0.504 e. The zero-order chi connectivity index (χ0) is 16.1. The van der Waals surface area contributed by atoms with Crippen LogP contribution in [0.15, 0.2) is 12.1 Å². The summed E-state index contributed by atoms with van der Waals surface area (Å²) in [6.45, 7) is 0.499. The summed E-state index contributed by atoms with van der Waals surface area (Å²) in [6, 6.07) is 2.49. The Kier molecular flexibility index (Phi) is 7.25. The molecule has 1 fully saturated rings. The lowest BCUT2D eigenvalue weighted by atomic mass is 9.95. The second kappa shape index (κ2) is 8.69. The van der Waals surface area contributed by atoms with Gasteiger partial charge in [0.2, 0.25) is 5.75 Å². The quantitative estimate of drug-likeness (QED) is 0.316. The second-order valence-electron chi connectivity index (χ2n) is 5.58. The molecule has 1 aliphatic carbocycles. The van der Waals surface area contributed by atoms with Gasteiger partial charge in [0.1, 0.15) is 0 Å². The third-order valence-electron chi connectivity index (χ3n) is 3.98. The molecule has 0 radical (unpaired) electrons. The fourth-order valence-electron chi connectivity index (χ4n) is 2.75. The Morgan fingerprint density at radius 3 is 2.52 bits per heavy atom. The Hall–Kier alpha value is -1.86. The van der Waals surface area contributed by atoms with Crippen molar-refractivity contribution in [2.75, 3.05) is 6.54 Å². The predicted molar refractivity (Wildman–Crippen MR) is 87.5 cm³/mol. The standard InChI is InChI=1S/C15H20N2O5.ClH/c18-13(6-7-16-11-4-2-1-3-5-11)10-8-12(17(21)22)15(20)14(19)9-10;/h8-9,11,16,19-20H,1-7H2;1H. The Labute approximate surface area is 140 Å². The number of nitro groups is 1. The summed E-state index contributed by atoms with van der Waals surface area (Å²) in [4.78, 5) is 22.0. The summed E-state index contributed by atoms with van der Waals surface area (Å²) >= 11 is 0. The number of ketones is 1. The van der Waals surface area contributed by atoms with Gasteiger partial charge in [-0.3, -0.25) is 14.9 Å². The van der Waals surface area contributed by atoms with Crippen LogP contribution in [0.4, 0.5) is 5.69 Å². The van der Waals surface area contributed by atoms with Crippen molar-refractivity contribution in [3.63, 3.8) is 0 Å². The molecule has 1 aliphatic rings. The molecule has 0 unspecified atom stereocenters. The maximum atomic E-state index is 12.1. The lowest BCUT2D eigenvalue weighted by molar-refractivity contribution is -0.386. The Morgan fingerprint density at radius 1 is 1.26 bits per heavy atom. The van der Waals surface area contributed by atoms with Crippen LogP contribution < -0.4 is 5.32 Å². The molecule has 0 saturated heterocycles. The van der Waals surface area contributed by atoms with E-state index in [0.717, 1.165) is 25.0 Å². The van der Waals surface area contributed by atoms with Crippen LogP contribution in [0.1, 0.15) is 48.9 Å². The van der Waals surface area contributed by atoms with E-state index < -0.39 is 22.1 Å². The summed E-state index contributed by atoms with van der Waals surface area (Å²) in [7, 11) is 0. The van der Waals surface area contributed by atoms with Crippen LogP contribution in [0.25, 0.3) is 0 Å². The van der Waals surface area contributed by atoms with E-state index in [9.17, 15) is 25.1 Å². The number of hydrogen-bond donors (Lipinski definition) is 3. The highest BCUT2D eigenvalue weighted by molar-refractivity contribution is 5.97. The summed E-state index contributed by atoms with van der Waals surface area (Å²) in [5.41, 5.74) is -0.629. The summed E-state index contributed by atoms with van der Waals surface area (Å²) in [5, 5.41) is 33.0. The number of nitrogens with one attached hydrogen (secondary N) is 1. The zero-order valence-corrected chi connectivity index (χ0v) is 13.5. The molecule has 1 aromatic rings. The van der Waals surface area contributed by atoms with Gasteiger partial charge in [-0.25, -0.2) is 0 Å². The molecule has 23 heavy (non-hydrogen) atoms. The molecule has 0 aliphatic heterocycles. The van der Waals surface area contributed by atoms with Gasteiger partial charge in [-0.1, -0.05) is 19.3 Å². The van der Waals surface area contributed by atoms with E-state index in [0.29, 0.717) is 12.6 Å². The maximum absolute atomic E-state index is 12.1. The number of phenols is 2. The molecule has 1 aromatic carbocycles. The van der Waals surface area contributed by atoms with Crippen molar-refractivity contribution in [2.24, 2.45) is 0 Å². The molecule has 1 saturated carbocycles. The zero-order valence-electron chi connectivity index (χ0n) is 12.7. The normalized spacial score (nSPS) is 15.0. The SMILES string of the molecule is Cl.O=C(CCNC1CCCCC1)c1cc(O)c(O)c([N+](=O)[O-])c1. The topological polar surface area (TPSA) is 113 Å². The summed E-state index contributed by atoms with van der Waals surface area (Å²) in [6.07, 6.45) is 6.07. The smallest absolute Gasteiger partial charge is 0.315 e. The van der Waals surface area contributed by atoms with E-state index >= 15 is 0 Å². The van der Waals surface area contributed by atoms with Gasteiger partial charge in [0.15, 0.2) is 11.5 Å². The van der Waals surface area contributed by atoms with E-state index in [-0.39, 0.29) is 30.2 Å². The fraction of sp³-hybridized carbons (Fsp3) is 0.533. The Bertz CT molecular complexity index is 573. The van der Waals surface area contributed by atoms with Gasteiger partial charge in [0, 0.05) is 30.6 Å². The van der Waals surface area contributed by atoms with Crippen molar-refractivity contribution in [3.8, 4) is 11.5 Å². The van der Waals surface area contributed by atoms with Crippen molar-refractivity contribution in [1.82, 2.24) is 5.32 Å². The van der Waals surface area contributed by atoms with E-state index in [1.807, 2.05) is 0 Å². The van der Waals surface area contributed by atoms with Crippen molar-refractivity contribution in [1.29, 1.82) is 0 Å². The van der Waals surface area contributed by atoms with E-state index in [2.05, 4.69) is 5.32 Å². The third-order valence-corrected chi connectivity index (χ3v) is 3.98. The highest BCUT2D eigenvalue weighted by atomic mass is 35.5. The number of rotatable bonds is 6. The van der Waals surface area contributed by atoms with Gasteiger partial charge >= 0.3 is 5.69 Å². The minimum atomic E-state index is -0.827. The van der Waals surface area contributed by atoms with Crippen LogP contribution in [-0.4, -0.2) is 33.5 Å². The van der Waals surface area contributed by atoms with Gasteiger partial charge in [-0.15, -0.1) is 12.4 Å². The highest BCUT2D eigenvalue weighted by Crippen LogP contribution is 2.36. The van der Waals surface area contributed by atoms with Gasteiger partial charge < -0.3 is 15.5 Å². The average Bonchev–Trinajstić information content (AvgIpc) is 2.50. The number of nitro benzene ring substituents is 1. The number of halogens is 1. The molecule has 0 bridgehead atoms. The summed E-state index contributed by atoms with van der Waals surface area (Å²) in [5.74, 6) is -1.78. The van der Waals surface area contributed by atoms with Crippen LogP contribution in [0.3, 0.4) is 0 Å². The summed E-state index contributed by atoms with van der Waals surface area (Å²) < 4.78 is 0. The minimum absolute atomic E-state index is 0. The first kappa shape index (κ1) is 19.2. The molecule has 0 heterocycles. The van der Waals surface area contributed by atoms with Gasteiger partial charge in [0.05, 0.1) is 4.92 Å². The molecule has 2 rings (SSSR count). The lowest BCUT2D eigenvalue weighted by Crippen LogP contribution is -2.32. The first-order valence-electron chi connectivity index (χ1n) is 7.46. The highest BCUT2D eigenvalue weighted by Gasteiger charge is 2.21. The maximum Gasteiger partial charge on any atom is 0.315 e. The average molecular weight is 345 g/mol. The van der Waals surface area contributed by atoms with Gasteiger partial charge in [0.25, 0.3) is 0 Å². The lowest BCUT2D eigenvalue weighted by Gasteiger charge is -2.22. The predicted octanol–water partition coefficient (Wildman–Crippen LogP) is 2.92. The van der Waals surface area contributed by atoms with E-state index in [1.54, 1.807) is 0 Å². The first-order chi connectivity index (χ1) is 10.5. The number of benzene rings is 1. The number of hydrogen-bond acceptors (Lipinski definition) is 6. The molecule has 7 nitrogen and oxygen atoms in total. The molecule has 0 spiro atoms. The molecule has 128 valence electrons. The number of aromatic hydroxyl groups is 2. The number of phenolic OH excluding ortho intramolecular Hbond substituents is 2. The molecular weight excluding hydrogens is 324 g/mol. The van der Waals surface area contributed by atoms with E-state index in [4.69, 9.17) is 0 Å². The van der Waals surface area contributed by atoms with Crippen molar-refractivity contribution in [2.45, 2.75) is 44.6 Å². The monoisotopic (exact) mass is 344 g/mol. The van der Waals surface area contributed by atoms with Crippen molar-refractivity contribution < 1.29 is 19.9 Å². The van der Waals surface area contributed by atoms with Crippen molar-refractivity contribution in [3.05, 3.63) is 27.8 Å². The molecule has 0 aromatic heterocycles. The van der Waals surface area contributed by atoms with Crippen LogP contribution in [-0.2, 0) is 0 Å². The number of Topliss-reactive ketones (excluding diaryl/α,β-unsaturated/α-hetero) is 1. The Morgan fingerprint density at radius 2 is 1.91 bits per heavy atom. The third kappa shape index (κ3) is 5.07.